The van der Waals surface area contributed by atoms with Gasteiger partial charge in [-0.1, -0.05) is 0 Å². The van der Waals surface area contributed by atoms with E-state index in [0.29, 0.717) is 18.9 Å². The highest BCUT2D eigenvalue weighted by molar-refractivity contribution is 5.60. The Morgan fingerprint density at radius 1 is 1.27 bits per heavy atom. The molecule has 1 aromatic rings. The largest absolute Gasteiger partial charge is 0.398 e. The summed E-state index contributed by atoms with van der Waals surface area (Å²) < 4.78 is 10.8. The molecule has 1 aliphatic rings. The van der Waals surface area contributed by atoms with Crippen LogP contribution in [-0.4, -0.2) is 27.3 Å². The fourth-order valence-electron chi connectivity index (χ4n) is 1.59. The van der Waals surface area contributed by atoms with Crippen molar-refractivity contribution in [1.29, 1.82) is 0 Å². The standard InChI is InChI=1S/C11H16N2O2/c1-13(2)8-3-4-9(10(12)7-8)11-14-5-6-15-11/h3-4,7,11H,5-6,12H2,1-2H3. The Bertz CT molecular complexity index is 346. The summed E-state index contributed by atoms with van der Waals surface area (Å²) in [5.41, 5.74) is 8.66. The van der Waals surface area contributed by atoms with Gasteiger partial charge in [-0.15, -0.1) is 0 Å². The first-order chi connectivity index (χ1) is 7.18. The van der Waals surface area contributed by atoms with Crippen LogP contribution in [0.3, 0.4) is 0 Å². The van der Waals surface area contributed by atoms with Gasteiger partial charge >= 0.3 is 0 Å². The number of nitrogens with two attached hydrogens (primary N) is 1. The van der Waals surface area contributed by atoms with Crippen molar-refractivity contribution in [3.63, 3.8) is 0 Å². The molecule has 15 heavy (non-hydrogen) atoms. The Hall–Kier alpha value is -1.26. The number of nitrogen functional groups attached to an aromatic ring is 1. The smallest absolute Gasteiger partial charge is 0.186 e. The van der Waals surface area contributed by atoms with Crippen LogP contribution in [0, 0.1) is 0 Å². The van der Waals surface area contributed by atoms with Crippen LogP contribution in [0.15, 0.2) is 18.2 Å². The van der Waals surface area contributed by atoms with E-state index in [-0.39, 0.29) is 6.29 Å². The third-order valence-corrected chi connectivity index (χ3v) is 2.46. The van der Waals surface area contributed by atoms with E-state index >= 15 is 0 Å². The monoisotopic (exact) mass is 208 g/mol. The van der Waals surface area contributed by atoms with E-state index in [0.717, 1.165) is 11.3 Å². The molecule has 1 aliphatic heterocycles. The summed E-state index contributed by atoms with van der Waals surface area (Å²) in [4.78, 5) is 2.01. The van der Waals surface area contributed by atoms with Crippen LogP contribution in [0.5, 0.6) is 0 Å². The van der Waals surface area contributed by atoms with Gasteiger partial charge in [0.25, 0.3) is 0 Å². The van der Waals surface area contributed by atoms with E-state index in [1.54, 1.807) is 0 Å². The van der Waals surface area contributed by atoms with Gasteiger partial charge in [0.2, 0.25) is 0 Å². The maximum atomic E-state index is 5.95. The Labute approximate surface area is 89.6 Å². The Morgan fingerprint density at radius 3 is 2.47 bits per heavy atom. The van der Waals surface area contributed by atoms with Crippen LogP contribution in [0.4, 0.5) is 11.4 Å². The molecule has 1 fully saturated rings. The van der Waals surface area contributed by atoms with Gasteiger partial charge in [0, 0.05) is 31.0 Å². The number of anilines is 2. The lowest BCUT2D eigenvalue weighted by molar-refractivity contribution is -0.0435. The van der Waals surface area contributed by atoms with Crippen molar-refractivity contribution >= 4 is 11.4 Å². The molecule has 1 saturated heterocycles. The molecule has 1 heterocycles. The van der Waals surface area contributed by atoms with E-state index < -0.39 is 0 Å². The molecule has 0 amide bonds. The van der Waals surface area contributed by atoms with Gasteiger partial charge in [-0.2, -0.15) is 0 Å². The zero-order valence-electron chi connectivity index (χ0n) is 9.06. The average Bonchev–Trinajstić information content (AvgIpc) is 2.70. The van der Waals surface area contributed by atoms with Crippen molar-refractivity contribution in [2.24, 2.45) is 0 Å². The van der Waals surface area contributed by atoms with Crippen LogP contribution in [-0.2, 0) is 9.47 Å². The summed E-state index contributed by atoms with van der Waals surface area (Å²) in [7, 11) is 3.97. The second kappa shape index (κ2) is 4.08. The van der Waals surface area contributed by atoms with Crippen molar-refractivity contribution < 1.29 is 9.47 Å². The highest BCUT2D eigenvalue weighted by Crippen LogP contribution is 2.30. The number of ether oxygens (including phenoxy) is 2. The van der Waals surface area contributed by atoms with Gasteiger partial charge in [-0.25, -0.2) is 0 Å². The number of hydrogen-bond acceptors (Lipinski definition) is 4. The minimum atomic E-state index is -0.291. The van der Waals surface area contributed by atoms with E-state index in [2.05, 4.69) is 0 Å². The molecule has 4 heteroatoms. The number of nitrogens with zero attached hydrogens (tertiary/aromatic N) is 1. The summed E-state index contributed by atoms with van der Waals surface area (Å²) in [5.74, 6) is 0. The molecule has 0 atom stereocenters. The predicted octanol–water partition coefficient (Wildman–Crippen LogP) is 1.38. The van der Waals surface area contributed by atoms with Gasteiger partial charge in [0.15, 0.2) is 6.29 Å². The Morgan fingerprint density at radius 2 is 1.93 bits per heavy atom. The van der Waals surface area contributed by atoms with Crippen molar-refractivity contribution in [2.75, 3.05) is 37.9 Å². The molecule has 4 nitrogen and oxygen atoms in total. The maximum Gasteiger partial charge on any atom is 0.186 e. The number of rotatable bonds is 2. The third-order valence-electron chi connectivity index (χ3n) is 2.46. The summed E-state index contributed by atoms with van der Waals surface area (Å²) >= 11 is 0. The highest BCUT2D eigenvalue weighted by Gasteiger charge is 2.20. The van der Waals surface area contributed by atoms with E-state index in [9.17, 15) is 0 Å². The van der Waals surface area contributed by atoms with E-state index in [4.69, 9.17) is 15.2 Å². The van der Waals surface area contributed by atoms with Gasteiger partial charge in [-0.05, 0) is 18.2 Å². The Kier molecular flexibility index (Phi) is 2.79. The second-order valence-corrected chi connectivity index (χ2v) is 3.78. The number of benzene rings is 1. The highest BCUT2D eigenvalue weighted by atomic mass is 16.7. The molecule has 0 bridgehead atoms. The molecule has 82 valence electrons. The zero-order valence-corrected chi connectivity index (χ0v) is 9.06. The average molecular weight is 208 g/mol. The molecule has 0 spiro atoms. The number of hydrogen-bond donors (Lipinski definition) is 1. The Balaban J connectivity index is 2.25. The van der Waals surface area contributed by atoms with E-state index in [1.807, 2.05) is 37.2 Å². The van der Waals surface area contributed by atoms with Crippen LogP contribution >= 0.6 is 0 Å². The molecule has 1 aromatic carbocycles. The maximum absolute atomic E-state index is 5.95. The zero-order chi connectivity index (χ0) is 10.8. The minimum absolute atomic E-state index is 0.291. The topological polar surface area (TPSA) is 47.7 Å². The molecule has 2 N–H and O–H groups in total. The first kappa shape index (κ1) is 10.3. The normalized spacial score (nSPS) is 16.9. The molecule has 0 aliphatic carbocycles. The molecule has 0 aromatic heterocycles. The lowest BCUT2D eigenvalue weighted by Crippen LogP contribution is -2.10. The summed E-state index contributed by atoms with van der Waals surface area (Å²) in [6, 6.07) is 5.90. The third kappa shape index (κ3) is 2.06. The van der Waals surface area contributed by atoms with Crippen molar-refractivity contribution in [2.45, 2.75) is 6.29 Å². The summed E-state index contributed by atoms with van der Waals surface area (Å²) in [5, 5.41) is 0. The minimum Gasteiger partial charge on any atom is -0.398 e. The van der Waals surface area contributed by atoms with Crippen molar-refractivity contribution in [3.8, 4) is 0 Å². The van der Waals surface area contributed by atoms with Crippen LogP contribution in [0.25, 0.3) is 0 Å². The quantitative estimate of drug-likeness (QED) is 0.746. The van der Waals surface area contributed by atoms with Crippen LogP contribution in [0.1, 0.15) is 11.9 Å². The molecular formula is C11H16N2O2. The van der Waals surface area contributed by atoms with Gasteiger partial charge < -0.3 is 20.1 Å². The second-order valence-electron chi connectivity index (χ2n) is 3.78. The van der Waals surface area contributed by atoms with Gasteiger partial charge in [0.05, 0.1) is 13.2 Å². The molecule has 2 rings (SSSR count). The SMILES string of the molecule is CN(C)c1ccc(C2OCCO2)c(N)c1. The van der Waals surface area contributed by atoms with Crippen LogP contribution < -0.4 is 10.6 Å². The van der Waals surface area contributed by atoms with Crippen LogP contribution in [0.2, 0.25) is 0 Å². The predicted molar refractivity (Wildman–Crippen MR) is 59.8 cm³/mol. The molecule has 0 radical (unpaired) electrons. The summed E-state index contributed by atoms with van der Waals surface area (Å²) in [6.07, 6.45) is -0.291. The lowest BCUT2D eigenvalue weighted by Gasteiger charge is -2.17. The first-order valence-corrected chi connectivity index (χ1v) is 4.98. The summed E-state index contributed by atoms with van der Waals surface area (Å²) in [6.45, 7) is 1.28. The van der Waals surface area contributed by atoms with Gasteiger partial charge in [-0.3, -0.25) is 0 Å². The fourth-order valence-corrected chi connectivity index (χ4v) is 1.59. The lowest BCUT2D eigenvalue weighted by atomic mass is 10.1. The molecule has 0 unspecified atom stereocenters. The molecule has 0 saturated carbocycles. The van der Waals surface area contributed by atoms with Crippen molar-refractivity contribution in [3.05, 3.63) is 23.8 Å². The van der Waals surface area contributed by atoms with Gasteiger partial charge in [0.1, 0.15) is 0 Å². The fraction of sp³-hybridized carbons (Fsp3) is 0.455. The van der Waals surface area contributed by atoms with E-state index in [1.165, 1.54) is 0 Å². The first-order valence-electron chi connectivity index (χ1n) is 4.98. The molecular weight excluding hydrogens is 192 g/mol. The van der Waals surface area contributed by atoms with Crippen molar-refractivity contribution in [1.82, 2.24) is 0 Å².